The SMILES string of the molecule is COc1ccc2c(c1)C(=O)N(CC(C)(C(=O)NC=O)c1ccc(-c3cccnc3)nc1)C2. The largest absolute Gasteiger partial charge is 0.497 e. The molecule has 0 spiro atoms. The summed E-state index contributed by atoms with van der Waals surface area (Å²) in [7, 11) is 1.54. The van der Waals surface area contributed by atoms with Gasteiger partial charge in [0, 0.05) is 42.8 Å². The topological polar surface area (TPSA) is 101 Å². The molecular formula is C24H22N4O4. The maximum atomic E-state index is 13.0. The number of carbonyl (C=O) groups is 3. The third-order valence-corrected chi connectivity index (χ3v) is 5.75. The number of hydrogen-bond acceptors (Lipinski definition) is 6. The second-order valence-electron chi connectivity index (χ2n) is 7.78. The van der Waals surface area contributed by atoms with Crippen molar-refractivity contribution < 1.29 is 19.1 Å². The monoisotopic (exact) mass is 430 g/mol. The van der Waals surface area contributed by atoms with Gasteiger partial charge in [0.25, 0.3) is 5.91 Å². The fraction of sp³-hybridized carbons (Fsp3) is 0.208. The lowest BCUT2D eigenvalue weighted by atomic mass is 9.81. The predicted octanol–water partition coefficient (Wildman–Crippen LogP) is 2.34. The van der Waals surface area contributed by atoms with E-state index in [1.165, 1.54) is 0 Å². The van der Waals surface area contributed by atoms with Gasteiger partial charge in [0.2, 0.25) is 12.3 Å². The molecule has 1 atom stereocenters. The second kappa shape index (κ2) is 8.58. The Bertz CT molecular complexity index is 1160. The van der Waals surface area contributed by atoms with Crippen LogP contribution < -0.4 is 10.1 Å². The van der Waals surface area contributed by atoms with Gasteiger partial charge in [-0.1, -0.05) is 12.1 Å². The Labute approximate surface area is 185 Å². The standard InChI is InChI=1S/C24H22N4O4/c1-24(23(31)27-15-29,18-6-8-21(26-12-18)16-4-3-9-25-11-16)14-28-13-17-5-7-19(32-2)10-20(17)22(28)30/h3-12,15H,13-14H2,1-2H3,(H,27,29,31). The molecule has 3 aromatic rings. The van der Waals surface area contributed by atoms with Crippen molar-refractivity contribution in [2.24, 2.45) is 0 Å². The van der Waals surface area contributed by atoms with Crippen LogP contribution in [0.5, 0.6) is 5.75 Å². The van der Waals surface area contributed by atoms with Gasteiger partial charge in [-0.05, 0) is 48.4 Å². The Kier molecular flexibility index (Phi) is 5.68. The van der Waals surface area contributed by atoms with Crippen molar-refractivity contribution in [1.29, 1.82) is 0 Å². The summed E-state index contributed by atoms with van der Waals surface area (Å²) in [6, 6.07) is 12.6. The van der Waals surface area contributed by atoms with Crippen LogP contribution in [0, 0.1) is 0 Å². The molecule has 8 heteroatoms. The number of fused-ring (bicyclic) bond motifs is 1. The highest BCUT2D eigenvalue weighted by molar-refractivity contribution is 6.00. The summed E-state index contributed by atoms with van der Waals surface area (Å²) >= 11 is 0. The molecular weight excluding hydrogens is 408 g/mol. The molecule has 162 valence electrons. The molecule has 0 bridgehead atoms. The minimum Gasteiger partial charge on any atom is -0.497 e. The second-order valence-corrected chi connectivity index (χ2v) is 7.78. The molecule has 1 aliphatic rings. The first-order valence-corrected chi connectivity index (χ1v) is 10.0. The van der Waals surface area contributed by atoms with Crippen LogP contribution in [0.2, 0.25) is 0 Å². The molecule has 0 saturated carbocycles. The third kappa shape index (κ3) is 3.82. The number of benzene rings is 1. The summed E-state index contributed by atoms with van der Waals surface area (Å²) in [6.45, 7) is 2.14. The molecule has 0 radical (unpaired) electrons. The summed E-state index contributed by atoms with van der Waals surface area (Å²) < 4.78 is 5.22. The molecule has 0 saturated heterocycles. The van der Waals surface area contributed by atoms with Gasteiger partial charge in [0.05, 0.1) is 18.2 Å². The van der Waals surface area contributed by atoms with Crippen LogP contribution >= 0.6 is 0 Å². The van der Waals surface area contributed by atoms with Gasteiger partial charge in [-0.2, -0.15) is 0 Å². The Balaban J connectivity index is 1.65. The first kappa shape index (κ1) is 21.2. The summed E-state index contributed by atoms with van der Waals surface area (Å²) in [4.78, 5) is 47.2. The van der Waals surface area contributed by atoms with E-state index in [9.17, 15) is 14.4 Å². The van der Waals surface area contributed by atoms with Crippen molar-refractivity contribution in [3.05, 3.63) is 77.7 Å². The number of carbonyl (C=O) groups excluding carboxylic acids is 3. The van der Waals surface area contributed by atoms with Gasteiger partial charge in [0.15, 0.2) is 0 Å². The fourth-order valence-electron chi connectivity index (χ4n) is 3.89. The number of nitrogens with one attached hydrogen (secondary N) is 1. The minimum atomic E-state index is -1.19. The molecule has 1 aromatic carbocycles. The molecule has 8 nitrogen and oxygen atoms in total. The maximum Gasteiger partial charge on any atom is 0.254 e. The average Bonchev–Trinajstić information content (AvgIpc) is 3.14. The van der Waals surface area contributed by atoms with Crippen LogP contribution in [0.3, 0.4) is 0 Å². The van der Waals surface area contributed by atoms with E-state index in [2.05, 4.69) is 15.3 Å². The zero-order valence-electron chi connectivity index (χ0n) is 17.7. The highest BCUT2D eigenvalue weighted by atomic mass is 16.5. The van der Waals surface area contributed by atoms with E-state index < -0.39 is 11.3 Å². The molecule has 1 N–H and O–H groups in total. The molecule has 32 heavy (non-hydrogen) atoms. The quantitative estimate of drug-likeness (QED) is 0.578. The van der Waals surface area contributed by atoms with Crippen LogP contribution in [0.1, 0.15) is 28.4 Å². The lowest BCUT2D eigenvalue weighted by Gasteiger charge is -2.32. The van der Waals surface area contributed by atoms with Gasteiger partial charge >= 0.3 is 0 Å². The van der Waals surface area contributed by atoms with E-state index >= 15 is 0 Å². The van der Waals surface area contributed by atoms with Crippen LogP contribution in [-0.4, -0.2) is 46.7 Å². The normalized spacial score (nSPS) is 14.4. The van der Waals surface area contributed by atoms with E-state index in [4.69, 9.17) is 4.74 Å². The molecule has 0 aliphatic carbocycles. The Morgan fingerprint density at radius 2 is 2.09 bits per heavy atom. The van der Waals surface area contributed by atoms with E-state index in [0.29, 0.717) is 35.5 Å². The van der Waals surface area contributed by atoms with Crippen LogP contribution in [0.15, 0.2) is 61.1 Å². The van der Waals surface area contributed by atoms with Crippen molar-refractivity contribution in [2.75, 3.05) is 13.7 Å². The summed E-state index contributed by atoms with van der Waals surface area (Å²) in [5.74, 6) is -0.107. The molecule has 4 rings (SSSR count). The van der Waals surface area contributed by atoms with E-state index in [1.54, 1.807) is 61.8 Å². The van der Waals surface area contributed by atoms with E-state index in [-0.39, 0.29) is 12.5 Å². The number of ether oxygens (including phenoxy) is 1. The van der Waals surface area contributed by atoms with Crippen molar-refractivity contribution in [2.45, 2.75) is 18.9 Å². The average molecular weight is 430 g/mol. The number of aromatic nitrogens is 2. The number of amides is 3. The Hall–Kier alpha value is -4.07. The van der Waals surface area contributed by atoms with Crippen LogP contribution in [0.25, 0.3) is 11.3 Å². The first-order chi connectivity index (χ1) is 15.5. The molecule has 1 unspecified atom stereocenters. The summed E-state index contributed by atoms with van der Waals surface area (Å²) in [6.07, 6.45) is 5.33. The molecule has 3 heterocycles. The van der Waals surface area contributed by atoms with Crippen molar-refractivity contribution >= 4 is 18.2 Å². The van der Waals surface area contributed by atoms with Gasteiger partial charge < -0.3 is 9.64 Å². The molecule has 0 fully saturated rings. The van der Waals surface area contributed by atoms with Crippen LogP contribution in [-0.2, 0) is 21.5 Å². The number of pyridine rings is 2. The third-order valence-electron chi connectivity index (χ3n) is 5.75. The lowest BCUT2D eigenvalue weighted by Crippen LogP contribution is -2.49. The zero-order valence-corrected chi connectivity index (χ0v) is 17.7. The summed E-state index contributed by atoms with van der Waals surface area (Å²) in [5, 5.41) is 2.24. The predicted molar refractivity (Wildman–Crippen MR) is 117 cm³/mol. The van der Waals surface area contributed by atoms with Crippen molar-refractivity contribution in [3.8, 4) is 17.0 Å². The van der Waals surface area contributed by atoms with Gasteiger partial charge in [0.1, 0.15) is 5.75 Å². The van der Waals surface area contributed by atoms with Gasteiger partial charge in [-0.25, -0.2) is 0 Å². The maximum absolute atomic E-state index is 13.0. The number of methoxy groups -OCH3 is 1. The molecule has 2 aromatic heterocycles. The van der Waals surface area contributed by atoms with Gasteiger partial charge in [-0.3, -0.25) is 29.7 Å². The van der Waals surface area contributed by atoms with Crippen molar-refractivity contribution in [1.82, 2.24) is 20.2 Å². The minimum absolute atomic E-state index is 0.0798. The van der Waals surface area contributed by atoms with Crippen molar-refractivity contribution in [3.63, 3.8) is 0 Å². The highest BCUT2D eigenvalue weighted by Crippen LogP contribution is 2.32. The highest BCUT2D eigenvalue weighted by Gasteiger charge is 2.41. The van der Waals surface area contributed by atoms with E-state index in [1.807, 2.05) is 18.2 Å². The fourth-order valence-corrected chi connectivity index (χ4v) is 3.89. The number of rotatable bonds is 7. The first-order valence-electron chi connectivity index (χ1n) is 10.0. The Morgan fingerprint density at radius 1 is 1.25 bits per heavy atom. The molecule has 3 amide bonds. The molecule has 1 aliphatic heterocycles. The smallest absolute Gasteiger partial charge is 0.254 e. The number of imide groups is 1. The number of hydrogen-bond donors (Lipinski definition) is 1. The van der Waals surface area contributed by atoms with E-state index in [0.717, 1.165) is 11.1 Å². The Morgan fingerprint density at radius 3 is 2.75 bits per heavy atom. The number of nitrogens with zero attached hydrogens (tertiary/aromatic N) is 3. The van der Waals surface area contributed by atoms with Crippen LogP contribution in [0.4, 0.5) is 0 Å². The van der Waals surface area contributed by atoms with Gasteiger partial charge in [-0.15, -0.1) is 0 Å². The summed E-state index contributed by atoms with van der Waals surface area (Å²) in [5.41, 5.74) is 2.36. The zero-order chi connectivity index (χ0) is 22.7. The lowest BCUT2D eigenvalue weighted by molar-refractivity contribution is -0.129.